The fourth-order valence-corrected chi connectivity index (χ4v) is 1.96. The Morgan fingerprint density at radius 1 is 1.00 bits per heavy atom. The average Bonchev–Trinajstić information content (AvgIpc) is 2.38. The molecule has 7 heteroatoms. The Hall–Kier alpha value is -2.57. The fourth-order valence-electron chi connectivity index (χ4n) is 1.96. The van der Waals surface area contributed by atoms with Gasteiger partial charge in [0.05, 0.1) is 11.4 Å². The highest BCUT2D eigenvalue weighted by Crippen LogP contribution is 2.23. The summed E-state index contributed by atoms with van der Waals surface area (Å²) >= 11 is 0. The maximum atomic E-state index is 11.6. The maximum absolute atomic E-state index is 11.6. The standard InChI is InChI=1S/C17H25N3O4/c1-11(21)19-14-7-6-13(10-15(14)20-12(2)22)8-9-18-16(23)24-17(3,4)5/h6-7,10H,8-9H2,1-5H3,(H,18,23)(H,19,21)(H,20,22). The molecule has 0 aliphatic rings. The van der Waals surface area contributed by atoms with E-state index in [4.69, 9.17) is 4.74 Å². The quantitative estimate of drug-likeness (QED) is 0.771. The molecular formula is C17H25N3O4. The van der Waals surface area contributed by atoms with Crippen LogP contribution in [0.1, 0.15) is 40.2 Å². The van der Waals surface area contributed by atoms with Gasteiger partial charge in [0.2, 0.25) is 11.8 Å². The number of amides is 3. The van der Waals surface area contributed by atoms with Crippen molar-refractivity contribution in [1.29, 1.82) is 0 Å². The van der Waals surface area contributed by atoms with Gasteiger partial charge in [0.25, 0.3) is 0 Å². The molecule has 1 aromatic carbocycles. The summed E-state index contributed by atoms with van der Waals surface area (Å²) in [6, 6.07) is 5.31. The van der Waals surface area contributed by atoms with Crippen LogP contribution >= 0.6 is 0 Å². The lowest BCUT2D eigenvalue weighted by molar-refractivity contribution is -0.115. The van der Waals surface area contributed by atoms with Gasteiger partial charge < -0.3 is 20.7 Å². The first kappa shape index (κ1) is 19.5. The molecule has 0 heterocycles. The lowest BCUT2D eigenvalue weighted by Crippen LogP contribution is -2.33. The van der Waals surface area contributed by atoms with E-state index >= 15 is 0 Å². The molecule has 3 amide bonds. The fraction of sp³-hybridized carbons (Fsp3) is 0.471. The summed E-state index contributed by atoms with van der Waals surface area (Å²) in [7, 11) is 0. The minimum absolute atomic E-state index is 0.221. The number of alkyl carbamates (subject to hydrolysis) is 1. The molecule has 0 saturated carbocycles. The van der Waals surface area contributed by atoms with Gasteiger partial charge in [-0.3, -0.25) is 9.59 Å². The Balaban J connectivity index is 2.70. The molecule has 0 saturated heterocycles. The highest BCUT2D eigenvalue weighted by Gasteiger charge is 2.15. The van der Waals surface area contributed by atoms with Crippen LogP contribution in [0.3, 0.4) is 0 Å². The number of hydrogen-bond acceptors (Lipinski definition) is 4. The zero-order valence-corrected chi connectivity index (χ0v) is 14.8. The van der Waals surface area contributed by atoms with E-state index in [1.165, 1.54) is 13.8 Å². The number of carbonyl (C=O) groups is 3. The van der Waals surface area contributed by atoms with E-state index in [1.54, 1.807) is 32.9 Å². The smallest absolute Gasteiger partial charge is 0.407 e. The predicted molar refractivity (Wildman–Crippen MR) is 93.0 cm³/mol. The Morgan fingerprint density at radius 2 is 1.58 bits per heavy atom. The van der Waals surface area contributed by atoms with Gasteiger partial charge in [0.1, 0.15) is 5.60 Å². The summed E-state index contributed by atoms with van der Waals surface area (Å²) in [5, 5.41) is 8.02. The highest BCUT2D eigenvalue weighted by atomic mass is 16.6. The van der Waals surface area contributed by atoms with Crippen LogP contribution in [0.15, 0.2) is 18.2 Å². The lowest BCUT2D eigenvalue weighted by atomic mass is 10.1. The molecule has 0 unspecified atom stereocenters. The molecule has 0 aliphatic carbocycles. The summed E-state index contributed by atoms with van der Waals surface area (Å²) in [6.45, 7) is 8.59. The van der Waals surface area contributed by atoms with Gasteiger partial charge in [-0.15, -0.1) is 0 Å². The van der Waals surface area contributed by atoms with Crippen molar-refractivity contribution in [3.05, 3.63) is 23.8 Å². The monoisotopic (exact) mass is 335 g/mol. The van der Waals surface area contributed by atoms with Crippen LogP contribution in [0.25, 0.3) is 0 Å². The number of ether oxygens (including phenoxy) is 1. The summed E-state index contributed by atoms with van der Waals surface area (Å²) in [5.41, 5.74) is 1.42. The van der Waals surface area contributed by atoms with Crippen LogP contribution in [0.4, 0.5) is 16.2 Å². The topological polar surface area (TPSA) is 96.5 Å². The van der Waals surface area contributed by atoms with Crippen molar-refractivity contribution < 1.29 is 19.1 Å². The first-order valence-electron chi connectivity index (χ1n) is 7.72. The highest BCUT2D eigenvalue weighted by molar-refractivity contribution is 5.98. The molecule has 1 aromatic rings. The van der Waals surface area contributed by atoms with Crippen molar-refractivity contribution in [2.24, 2.45) is 0 Å². The third kappa shape index (κ3) is 7.62. The SMILES string of the molecule is CC(=O)Nc1ccc(CCNC(=O)OC(C)(C)C)cc1NC(C)=O. The van der Waals surface area contributed by atoms with Gasteiger partial charge in [-0.2, -0.15) is 0 Å². The second-order valence-corrected chi connectivity index (χ2v) is 6.42. The van der Waals surface area contributed by atoms with Gasteiger partial charge in [0, 0.05) is 20.4 Å². The van der Waals surface area contributed by atoms with E-state index in [9.17, 15) is 14.4 Å². The van der Waals surface area contributed by atoms with E-state index < -0.39 is 11.7 Å². The summed E-state index contributed by atoms with van der Waals surface area (Å²) in [5.74, 6) is -0.452. The number of nitrogens with one attached hydrogen (secondary N) is 3. The largest absolute Gasteiger partial charge is 0.444 e. The van der Waals surface area contributed by atoms with Gasteiger partial charge in [-0.25, -0.2) is 4.79 Å². The molecule has 1 rings (SSSR count). The summed E-state index contributed by atoms with van der Waals surface area (Å²) in [4.78, 5) is 34.1. The molecule has 0 radical (unpaired) electrons. The second kappa shape index (κ2) is 8.33. The average molecular weight is 335 g/mol. The first-order valence-corrected chi connectivity index (χ1v) is 7.72. The minimum atomic E-state index is -0.539. The molecular weight excluding hydrogens is 310 g/mol. The van der Waals surface area contributed by atoms with Gasteiger partial charge in [0.15, 0.2) is 0 Å². The molecule has 0 aliphatic heterocycles. The van der Waals surface area contributed by atoms with Crippen molar-refractivity contribution in [3.8, 4) is 0 Å². The number of anilines is 2. The Labute approximate surface area is 142 Å². The van der Waals surface area contributed by atoms with Crippen molar-refractivity contribution in [3.63, 3.8) is 0 Å². The first-order chi connectivity index (χ1) is 11.1. The molecule has 0 bridgehead atoms. The summed E-state index contributed by atoms with van der Waals surface area (Å²) in [6.07, 6.45) is 0.0890. The van der Waals surface area contributed by atoms with Crippen LogP contribution in [-0.2, 0) is 20.7 Å². The van der Waals surface area contributed by atoms with E-state index in [-0.39, 0.29) is 11.8 Å². The molecule has 0 atom stereocenters. The molecule has 0 spiro atoms. The van der Waals surface area contributed by atoms with Crippen molar-refractivity contribution in [1.82, 2.24) is 5.32 Å². The number of hydrogen-bond donors (Lipinski definition) is 3. The van der Waals surface area contributed by atoms with Gasteiger partial charge in [-0.1, -0.05) is 6.07 Å². The van der Waals surface area contributed by atoms with E-state index in [1.807, 2.05) is 6.07 Å². The Kier molecular flexibility index (Phi) is 6.76. The number of rotatable bonds is 5. The maximum Gasteiger partial charge on any atom is 0.407 e. The summed E-state index contributed by atoms with van der Waals surface area (Å²) < 4.78 is 5.16. The zero-order chi connectivity index (χ0) is 18.3. The van der Waals surface area contributed by atoms with Crippen LogP contribution in [0.5, 0.6) is 0 Å². The van der Waals surface area contributed by atoms with Crippen LogP contribution in [0.2, 0.25) is 0 Å². The van der Waals surface area contributed by atoms with Crippen LogP contribution in [-0.4, -0.2) is 30.1 Å². The zero-order valence-electron chi connectivity index (χ0n) is 14.8. The third-order valence-electron chi connectivity index (χ3n) is 2.79. The van der Waals surface area contributed by atoms with Gasteiger partial charge in [-0.05, 0) is 44.9 Å². The Morgan fingerprint density at radius 3 is 2.12 bits per heavy atom. The van der Waals surface area contributed by atoms with Crippen LogP contribution in [0, 0.1) is 0 Å². The van der Waals surface area contributed by atoms with E-state index in [0.717, 1.165) is 5.56 Å². The number of carbonyl (C=O) groups excluding carboxylic acids is 3. The second-order valence-electron chi connectivity index (χ2n) is 6.42. The molecule has 3 N–H and O–H groups in total. The van der Waals surface area contributed by atoms with Crippen LogP contribution < -0.4 is 16.0 Å². The minimum Gasteiger partial charge on any atom is -0.444 e. The van der Waals surface area contributed by atoms with Crippen molar-refractivity contribution in [2.45, 2.75) is 46.6 Å². The molecule has 132 valence electrons. The molecule has 0 aromatic heterocycles. The molecule has 7 nitrogen and oxygen atoms in total. The van der Waals surface area contributed by atoms with Crippen molar-refractivity contribution >= 4 is 29.3 Å². The Bertz CT molecular complexity index is 621. The molecule has 24 heavy (non-hydrogen) atoms. The molecule has 0 fully saturated rings. The normalized spacial score (nSPS) is 10.7. The lowest BCUT2D eigenvalue weighted by Gasteiger charge is -2.19. The van der Waals surface area contributed by atoms with E-state index in [0.29, 0.717) is 24.3 Å². The van der Waals surface area contributed by atoms with Crippen molar-refractivity contribution in [2.75, 3.05) is 17.2 Å². The predicted octanol–water partition coefficient (Wildman–Crippen LogP) is 2.67. The van der Waals surface area contributed by atoms with Gasteiger partial charge >= 0.3 is 6.09 Å². The third-order valence-corrected chi connectivity index (χ3v) is 2.79. The number of benzene rings is 1. The van der Waals surface area contributed by atoms with E-state index in [2.05, 4.69) is 16.0 Å².